The zero-order valence-corrected chi connectivity index (χ0v) is 10.8. The van der Waals surface area contributed by atoms with Crippen LogP contribution in [0.15, 0.2) is 23.1 Å². The minimum absolute atomic E-state index is 0.0919. The number of carbonyl (C=O) groups excluding carboxylic acids is 1. The summed E-state index contributed by atoms with van der Waals surface area (Å²) in [6, 6.07) is 4.92. The molecule has 1 aliphatic rings. The smallest absolute Gasteiger partial charge is 0.409 e. The second kappa shape index (κ2) is 4.58. The molecule has 2 rings (SSSR count). The lowest BCUT2D eigenvalue weighted by Gasteiger charge is -2.11. The molecule has 0 spiro atoms. The van der Waals surface area contributed by atoms with Gasteiger partial charge in [0, 0.05) is 0 Å². The number of nitrogens with one attached hydrogen (secondary N) is 1. The number of alkyl carbamates (subject to hydrolysis) is 1. The van der Waals surface area contributed by atoms with Gasteiger partial charge in [0.2, 0.25) is 0 Å². The van der Waals surface area contributed by atoms with Crippen LogP contribution < -0.4 is 5.32 Å². The molecule has 0 aromatic heterocycles. The third kappa shape index (κ3) is 2.62. The van der Waals surface area contributed by atoms with Gasteiger partial charge >= 0.3 is 6.09 Å². The van der Waals surface area contributed by atoms with Crippen LogP contribution in [-0.4, -0.2) is 27.3 Å². The molecule has 1 fully saturated rings. The zero-order valence-electron chi connectivity index (χ0n) is 9.97. The summed E-state index contributed by atoms with van der Waals surface area (Å²) in [5.41, 5.74) is 1.56. The van der Waals surface area contributed by atoms with Crippen molar-refractivity contribution in [3.8, 4) is 0 Å². The molecule has 1 aromatic carbocycles. The van der Waals surface area contributed by atoms with E-state index in [-0.39, 0.29) is 11.5 Å². The van der Waals surface area contributed by atoms with Gasteiger partial charge in [0.25, 0.3) is 10.1 Å². The first-order valence-corrected chi connectivity index (χ1v) is 6.73. The van der Waals surface area contributed by atoms with Gasteiger partial charge in [0.05, 0.1) is 4.90 Å². The Bertz CT molecular complexity index is 581. The fourth-order valence-corrected chi connectivity index (χ4v) is 2.90. The molecule has 7 heteroatoms. The summed E-state index contributed by atoms with van der Waals surface area (Å²) in [6.45, 7) is 3.44. The number of rotatable bonds is 3. The number of benzene rings is 1. The third-order valence-corrected chi connectivity index (χ3v) is 3.97. The Labute approximate surface area is 105 Å². The zero-order chi connectivity index (χ0) is 13.3. The second-order valence-corrected chi connectivity index (χ2v) is 5.59. The van der Waals surface area contributed by atoms with Crippen molar-refractivity contribution in [3.05, 3.63) is 29.3 Å². The monoisotopic (exact) mass is 271 g/mol. The molecule has 1 unspecified atom stereocenters. The van der Waals surface area contributed by atoms with Crippen LogP contribution in [0.3, 0.4) is 0 Å². The third-order valence-electron chi connectivity index (χ3n) is 2.49. The minimum Gasteiger partial charge on any atom is -0.445 e. The molecule has 18 heavy (non-hydrogen) atoms. The number of carbonyl (C=O) groups is 1. The highest BCUT2D eigenvalue weighted by atomic mass is 32.2. The number of hydrogen-bond acceptors (Lipinski definition) is 5. The van der Waals surface area contributed by atoms with Crippen LogP contribution in [0.5, 0.6) is 0 Å². The number of hydrogen-bond donors (Lipinski definition) is 1. The molecule has 1 N–H and O–H groups in total. The summed E-state index contributed by atoms with van der Waals surface area (Å²) >= 11 is 0. The molecule has 1 aromatic rings. The van der Waals surface area contributed by atoms with Gasteiger partial charge in [-0.2, -0.15) is 8.42 Å². The number of ether oxygens (including phenoxy) is 1. The summed E-state index contributed by atoms with van der Waals surface area (Å²) in [4.78, 5) is 10.9. The molecule has 1 heterocycles. The van der Waals surface area contributed by atoms with E-state index < -0.39 is 22.4 Å². The van der Waals surface area contributed by atoms with Gasteiger partial charge in [-0.1, -0.05) is 17.7 Å². The van der Waals surface area contributed by atoms with Crippen LogP contribution >= 0.6 is 0 Å². The molecule has 1 saturated heterocycles. The predicted molar refractivity (Wildman–Crippen MR) is 62.5 cm³/mol. The van der Waals surface area contributed by atoms with Crippen molar-refractivity contribution in [1.29, 1.82) is 0 Å². The first kappa shape index (κ1) is 12.8. The van der Waals surface area contributed by atoms with E-state index in [9.17, 15) is 13.2 Å². The Morgan fingerprint density at radius 2 is 2.11 bits per heavy atom. The SMILES string of the molecule is Cc1ccc(S(=O)(=O)OC2COC(=O)N2)c(C)c1. The van der Waals surface area contributed by atoms with Gasteiger partial charge in [0.1, 0.15) is 6.61 Å². The van der Waals surface area contributed by atoms with E-state index in [0.717, 1.165) is 5.56 Å². The van der Waals surface area contributed by atoms with E-state index in [4.69, 9.17) is 4.18 Å². The van der Waals surface area contributed by atoms with Crippen molar-refractivity contribution in [2.45, 2.75) is 25.0 Å². The molecule has 1 atom stereocenters. The topological polar surface area (TPSA) is 81.7 Å². The van der Waals surface area contributed by atoms with Crippen molar-refractivity contribution in [2.75, 3.05) is 6.61 Å². The van der Waals surface area contributed by atoms with Gasteiger partial charge in [-0.15, -0.1) is 0 Å². The summed E-state index contributed by atoms with van der Waals surface area (Å²) < 4.78 is 33.4. The molecular weight excluding hydrogens is 258 g/mol. The van der Waals surface area contributed by atoms with E-state index in [1.165, 1.54) is 6.07 Å². The van der Waals surface area contributed by atoms with E-state index >= 15 is 0 Å². The molecule has 0 saturated carbocycles. The van der Waals surface area contributed by atoms with Crippen LogP contribution in [0.4, 0.5) is 4.79 Å². The van der Waals surface area contributed by atoms with Crippen molar-refractivity contribution in [3.63, 3.8) is 0 Å². The summed E-state index contributed by atoms with van der Waals surface area (Å²) in [7, 11) is -3.91. The molecule has 0 aliphatic carbocycles. The van der Waals surface area contributed by atoms with Gasteiger partial charge in [-0.25, -0.2) is 8.98 Å². The molecule has 98 valence electrons. The molecule has 0 radical (unpaired) electrons. The van der Waals surface area contributed by atoms with Crippen LogP contribution in [-0.2, 0) is 19.0 Å². The Kier molecular flexibility index (Phi) is 3.27. The Balaban J connectivity index is 2.23. The maximum atomic E-state index is 12.0. The molecule has 0 bridgehead atoms. The number of amides is 1. The highest BCUT2D eigenvalue weighted by molar-refractivity contribution is 7.86. The van der Waals surface area contributed by atoms with Crippen LogP contribution in [0.25, 0.3) is 0 Å². The predicted octanol–water partition coefficient (Wildman–Crippen LogP) is 1.07. The molecule has 1 amide bonds. The van der Waals surface area contributed by atoms with Crippen molar-refractivity contribution in [1.82, 2.24) is 5.32 Å². The Morgan fingerprint density at radius 1 is 1.39 bits per heavy atom. The number of cyclic esters (lactones) is 1. The van der Waals surface area contributed by atoms with E-state index in [2.05, 4.69) is 10.1 Å². The van der Waals surface area contributed by atoms with E-state index in [0.29, 0.717) is 5.56 Å². The average Bonchev–Trinajstić information content (AvgIpc) is 2.62. The normalized spacial score (nSPS) is 19.4. The van der Waals surface area contributed by atoms with Gasteiger partial charge in [0.15, 0.2) is 6.23 Å². The highest BCUT2D eigenvalue weighted by Gasteiger charge is 2.29. The standard InChI is InChI=1S/C11H13NO5S/c1-7-3-4-9(8(2)5-7)18(14,15)17-10-6-16-11(13)12-10/h3-5,10H,6H2,1-2H3,(H,12,13). The van der Waals surface area contributed by atoms with Crippen molar-refractivity contribution < 1.29 is 22.1 Å². The van der Waals surface area contributed by atoms with Gasteiger partial charge in [-0.3, -0.25) is 5.32 Å². The van der Waals surface area contributed by atoms with Crippen molar-refractivity contribution >= 4 is 16.2 Å². The van der Waals surface area contributed by atoms with Crippen LogP contribution in [0, 0.1) is 13.8 Å². The van der Waals surface area contributed by atoms with Crippen LogP contribution in [0.2, 0.25) is 0 Å². The maximum Gasteiger partial charge on any atom is 0.409 e. The fraction of sp³-hybridized carbons (Fsp3) is 0.364. The first-order chi connectivity index (χ1) is 8.38. The summed E-state index contributed by atoms with van der Waals surface area (Å²) in [5, 5.41) is 2.25. The molecular formula is C11H13NO5S. The lowest BCUT2D eigenvalue weighted by molar-refractivity contribution is 0.150. The molecule has 6 nitrogen and oxygen atoms in total. The maximum absolute atomic E-state index is 12.0. The first-order valence-electron chi connectivity index (χ1n) is 5.32. The van der Waals surface area contributed by atoms with E-state index in [1.807, 2.05) is 6.92 Å². The fourth-order valence-electron chi connectivity index (χ4n) is 1.70. The lowest BCUT2D eigenvalue weighted by Crippen LogP contribution is -2.31. The number of aryl methyl sites for hydroxylation is 2. The van der Waals surface area contributed by atoms with E-state index in [1.54, 1.807) is 19.1 Å². The second-order valence-electron chi connectivity index (χ2n) is 4.05. The quantitative estimate of drug-likeness (QED) is 0.832. The average molecular weight is 271 g/mol. The Hall–Kier alpha value is -1.60. The van der Waals surface area contributed by atoms with Crippen LogP contribution in [0.1, 0.15) is 11.1 Å². The minimum atomic E-state index is -3.91. The Morgan fingerprint density at radius 3 is 2.67 bits per heavy atom. The largest absolute Gasteiger partial charge is 0.445 e. The highest BCUT2D eigenvalue weighted by Crippen LogP contribution is 2.20. The van der Waals surface area contributed by atoms with Gasteiger partial charge in [-0.05, 0) is 25.5 Å². The van der Waals surface area contributed by atoms with Gasteiger partial charge < -0.3 is 4.74 Å². The molecule has 1 aliphatic heterocycles. The summed E-state index contributed by atoms with van der Waals surface area (Å²) in [5.74, 6) is 0. The van der Waals surface area contributed by atoms with Crippen molar-refractivity contribution in [2.24, 2.45) is 0 Å². The summed E-state index contributed by atoms with van der Waals surface area (Å²) in [6.07, 6.45) is -1.65. The lowest BCUT2D eigenvalue weighted by atomic mass is 10.2.